The predicted octanol–water partition coefficient (Wildman–Crippen LogP) is 2.73. The maximum atomic E-state index is 5.71. The van der Waals surface area contributed by atoms with Gasteiger partial charge in [-0.3, -0.25) is 0 Å². The molecule has 0 unspecified atom stereocenters. The van der Waals surface area contributed by atoms with E-state index in [1.54, 1.807) is 4.68 Å². The zero-order valence-corrected chi connectivity index (χ0v) is 13.2. The molecule has 7 nitrogen and oxygen atoms in total. The van der Waals surface area contributed by atoms with Gasteiger partial charge in [0.1, 0.15) is 0 Å². The molecule has 0 amide bonds. The summed E-state index contributed by atoms with van der Waals surface area (Å²) in [6, 6.07) is 7.93. The first-order valence-corrected chi connectivity index (χ1v) is 8.04. The molecule has 3 aromatic rings. The highest BCUT2D eigenvalue weighted by molar-refractivity contribution is 7.98. The Balaban J connectivity index is 1.70. The number of aromatic nitrogens is 6. The smallest absolute Gasteiger partial charge is 0.277 e. The van der Waals surface area contributed by atoms with Crippen molar-refractivity contribution in [2.75, 3.05) is 0 Å². The van der Waals surface area contributed by atoms with Gasteiger partial charge in [-0.2, -0.15) is 0 Å². The Morgan fingerprint density at radius 3 is 2.86 bits per heavy atom. The highest BCUT2D eigenvalue weighted by atomic mass is 32.2. The first-order chi connectivity index (χ1) is 10.8. The van der Waals surface area contributed by atoms with E-state index in [1.807, 2.05) is 31.2 Å². The van der Waals surface area contributed by atoms with Gasteiger partial charge in [0.2, 0.25) is 5.89 Å². The van der Waals surface area contributed by atoms with Crippen molar-refractivity contribution in [2.45, 2.75) is 37.8 Å². The topological polar surface area (TPSA) is 82.5 Å². The average Bonchev–Trinajstić information content (AvgIpc) is 3.15. The van der Waals surface area contributed by atoms with E-state index in [4.69, 9.17) is 4.42 Å². The van der Waals surface area contributed by atoms with Crippen molar-refractivity contribution in [1.29, 1.82) is 0 Å². The van der Waals surface area contributed by atoms with Crippen LogP contribution in [0.1, 0.15) is 24.7 Å². The summed E-state index contributed by atoms with van der Waals surface area (Å²) in [6.45, 7) is 4.91. The number of rotatable bonds is 6. The Morgan fingerprint density at radius 1 is 1.18 bits per heavy atom. The zero-order chi connectivity index (χ0) is 15.4. The summed E-state index contributed by atoms with van der Waals surface area (Å²) in [4.78, 5) is 0. The van der Waals surface area contributed by atoms with Gasteiger partial charge in [0.05, 0.1) is 5.75 Å². The molecule has 22 heavy (non-hydrogen) atoms. The Kier molecular flexibility index (Phi) is 4.47. The van der Waals surface area contributed by atoms with E-state index in [-0.39, 0.29) is 0 Å². The fourth-order valence-electron chi connectivity index (χ4n) is 2.03. The lowest BCUT2D eigenvalue weighted by Crippen LogP contribution is -2.04. The van der Waals surface area contributed by atoms with Crippen LogP contribution in [0.25, 0.3) is 11.5 Å². The van der Waals surface area contributed by atoms with E-state index in [9.17, 15) is 0 Å². The van der Waals surface area contributed by atoms with Crippen LogP contribution in [-0.4, -0.2) is 30.4 Å². The number of nitrogens with zero attached hydrogens (tertiary/aromatic N) is 6. The summed E-state index contributed by atoms with van der Waals surface area (Å²) < 4.78 is 7.51. The molecule has 0 saturated heterocycles. The van der Waals surface area contributed by atoms with Crippen LogP contribution in [0.5, 0.6) is 0 Å². The number of aryl methyl sites for hydroxylation is 2. The molecule has 0 bridgehead atoms. The quantitative estimate of drug-likeness (QED) is 0.646. The molecule has 3 rings (SSSR count). The molecule has 2 aromatic heterocycles. The number of benzene rings is 1. The number of thioether (sulfide) groups is 1. The van der Waals surface area contributed by atoms with Gasteiger partial charge >= 0.3 is 0 Å². The molecule has 0 saturated carbocycles. The van der Waals surface area contributed by atoms with Crippen LogP contribution in [0.3, 0.4) is 0 Å². The van der Waals surface area contributed by atoms with Crippen LogP contribution in [-0.2, 0) is 12.3 Å². The maximum absolute atomic E-state index is 5.71. The lowest BCUT2D eigenvalue weighted by atomic mass is 10.1. The van der Waals surface area contributed by atoms with Gasteiger partial charge in [0.25, 0.3) is 5.22 Å². The van der Waals surface area contributed by atoms with Crippen LogP contribution >= 0.6 is 11.8 Å². The van der Waals surface area contributed by atoms with Crippen LogP contribution in [0.4, 0.5) is 0 Å². The van der Waals surface area contributed by atoms with Gasteiger partial charge in [-0.15, -0.1) is 15.3 Å². The first-order valence-electron chi connectivity index (χ1n) is 7.05. The maximum Gasteiger partial charge on any atom is 0.277 e. The second-order valence-electron chi connectivity index (χ2n) is 4.79. The first kappa shape index (κ1) is 14.7. The molecule has 8 heteroatoms. The average molecular weight is 316 g/mol. The lowest BCUT2D eigenvalue weighted by molar-refractivity contribution is 0.465. The molecule has 0 spiro atoms. The molecule has 0 aliphatic heterocycles. The zero-order valence-electron chi connectivity index (χ0n) is 12.4. The second kappa shape index (κ2) is 6.69. The van der Waals surface area contributed by atoms with Gasteiger partial charge in [0, 0.05) is 12.1 Å². The summed E-state index contributed by atoms with van der Waals surface area (Å²) in [5.74, 6) is 1.94. The van der Waals surface area contributed by atoms with Crippen LogP contribution in [0, 0.1) is 6.92 Å². The Bertz CT molecular complexity index is 753. The third kappa shape index (κ3) is 3.16. The summed E-state index contributed by atoms with van der Waals surface area (Å²) in [5, 5.41) is 20.4. The van der Waals surface area contributed by atoms with Crippen molar-refractivity contribution in [3.8, 4) is 11.5 Å². The van der Waals surface area contributed by atoms with Crippen molar-refractivity contribution >= 4 is 11.8 Å². The van der Waals surface area contributed by atoms with Gasteiger partial charge < -0.3 is 4.42 Å². The van der Waals surface area contributed by atoms with E-state index < -0.39 is 0 Å². The van der Waals surface area contributed by atoms with E-state index >= 15 is 0 Å². The van der Waals surface area contributed by atoms with E-state index in [1.165, 1.54) is 11.8 Å². The molecule has 0 fully saturated rings. The predicted molar refractivity (Wildman–Crippen MR) is 82.1 cm³/mol. The SMILES string of the molecule is CCCn1nnnc1CSc1nnc(-c2ccccc2C)o1. The monoisotopic (exact) mass is 316 g/mol. The normalized spacial score (nSPS) is 11.0. The summed E-state index contributed by atoms with van der Waals surface area (Å²) in [5.41, 5.74) is 2.06. The summed E-state index contributed by atoms with van der Waals surface area (Å²) >= 11 is 1.44. The highest BCUT2D eigenvalue weighted by Gasteiger charge is 2.13. The molecule has 0 N–H and O–H groups in total. The largest absolute Gasteiger partial charge is 0.411 e. The molecule has 0 radical (unpaired) electrons. The third-order valence-electron chi connectivity index (χ3n) is 3.15. The number of tetrazole rings is 1. The molecule has 2 heterocycles. The van der Waals surface area contributed by atoms with Crippen molar-refractivity contribution in [1.82, 2.24) is 30.4 Å². The molecular weight excluding hydrogens is 300 g/mol. The van der Waals surface area contributed by atoms with E-state index in [2.05, 4.69) is 32.6 Å². The van der Waals surface area contributed by atoms with Gasteiger partial charge in [0.15, 0.2) is 5.82 Å². The van der Waals surface area contributed by atoms with Crippen molar-refractivity contribution in [3.63, 3.8) is 0 Å². The third-order valence-corrected chi connectivity index (χ3v) is 3.96. The Morgan fingerprint density at radius 2 is 2.05 bits per heavy atom. The molecule has 0 aliphatic rings. The highest BCUT2D eigenvalue weighted by Crippen LogP contribution is 2.26. The summed E-state index contributed by atoms with van der Waals surface area (Å²) in [6.07, 6.45) is 0.987. The molecule has 0 aliphatic carbocycles. The van der Waals surface area contributed by atoms with Crippen molar-refractivity contribution < 1.29 is 4.42 Å². The van der Waals surface area contributed by atoms with Crippen LogP contribution in [0.15, 0.2) is 33.9 Å². The minimum atomic E-state index is 0.518. The molecular formula is C14H16N6OS. The van der Waals surface area contributed by atoms with Crippen molar-refractivity contribution in [2.24, 2.45) is 0 Å². The second-order valence-corrected chi connectivity index (χ2v) is 5.72. The molecule has 0 atom stereocenters. The minimum Gasteiger partial charge on any atom is -0.411 e. The fourth-order valence-corrected chi connectivity index (χ4v) is 2.72. The van der Waals surface area contributed by atoms with Crippen molar-refractivity contribution in [3.05, 3.63) is 35.7 Å². The molecule has 1 aromatic carbocycles. The van der Waals surface area contributed by atoms with Gasteiger partial charge in [-0.05, 0) is 35.4 Å². The van der Waals surface area contributed by atoms with Gasteiger partial charge in [-0.1, -0.05) is 36.9 Å². The Labute approximate surface area is 132 Å². The number of hydrogen-bond acceptors (Lipinski definition) is 7. The van der Waals surface area contributed by atoms with E-state index in [0.717, 1.165) is 29.9 Å². The van der Waals surface area contributed by atoms with E-state index in [0.29, 0.717) is 16.9 Å². The number of hydrogen-bond donors (Lipinski definition) is 0. The molecule has 114 valence electrons. The van der Waals surface area contributed by atoms with Crippen LogP contribution < -0.4 is 0 Å². The fraction of sp³-hybridized carbons (Fsp3) is 0.357. The van der Waals surface area contributed by atoms with Gasteiger partial charge in [-0.25, -0.2) is 4.68 Å². The minimum absolute atomic E-state index is 0.518. The Hall–Kier alpha value is -2.22. The van der Waals surface area contributed by atoms with Crippen LogP contribution in [0.2, 0.25) is 0 Å². The lowest BCUT2D eigenvalue weighted by Gasteiger charge is -2.00. The standard InChI is InChI=1S/C14H16N6OS/c1-3-8-20-12(15-18-19-20)9-22-14-17-16-13(21-14)11-7-5-4-6-10(11)2/h4-7H,3,8-9H2,1-2H3. The summed E-state index contributed by atoms with van der Waals surface area (Å²) in [7, 11) is 0.